The van der Waals surface area contributed by atoms with Crippen LogP contribution in [0.5, 0.6) is 5.75 Å². The summed E-state index contributed by atoms with van der Waals surface area (Å²) in [7, 11) is 0.582. The summed E-state index contributed by atoms with van der Waals surface area (Å²) in [4.78, 5) is 15.7. The van der Waals surface area contributed by atoms with Crippen molar-refractivity contribution in [2.45, 2.75) is 64.0 Å². The Hall–Kier alpha value is -3.78. The zero-order valence-corrected chi connectivity index (χ0v) is 26.9. The van der Waals surface area contributed by atoms with Gasteiger partial charge in [-0.15, -0.1) is 4.36 Å². The van der Waals surface area contributed by atoms with Gasteiger partial charge in [-0.05, 0) is 77.5 Å². The van der Waals surface area contributed by atoms with Gasteiger partial charge in [-0.2, -0.15) is 0 Å². The lowest BCUT2D eigenvalue weighted by Crippen LogP contribution is -2.17. The van der Waals surface area contributed by atoms with Gasteiger partial charge in [0.25, 0.3) is 5.91 Å². The molecule has 0 bridgehead atoms. The molecule has 0 aromatic heterocycles. The maximum Gasteiger partial charge on any atom is 0.259 e. The van der Waals surface area contributed by atoms with Gasteiger partial charge in [0.05, 0.1) is 11.3 Å². The van der Waals surface area contributed by atoms with E-state index in [1.807, 2.05) is 79.7 Å². The van der Waals surface area contributed by atoms with Gasteiger partial charge in [-0.1, -0.05) is 100 Å². The summed E-state index contributed by atoms with van der Waals surface area (Å²) in [5.41, 5.74) is 7.21. The molecule has 0 saturated carbocycles. The minimum absolute atomic E-state index is 0.0281. The largest absolute Gasteiger partial charge is 0.488 e. The summed E-state index contributed by atoms with van der Waals surface area (Å²) in [6, 6.07) is 29.6. The molecule has 226 valence electrons. The number of para-hydroxylation sites is 1. The molecule has 6 nitrogen and oxygen atoms in total. The molecule has 1 amide bonds. The SMILES string of the molecule is CC(C)c1cc(-c2ccccc2OCc2ccccc2)cc(C(C)C)c1CC(=O)N=S(N)(=O)c1ccc(CN(C)C)cc1. The van der Waals surface area contributed by atoms with Gasteiger partial charge in [0.1, 0.15) is 22.3 Å². The third kappa shape index (κ3) is 8.41. The van der Waals surface area contributed by atoms with Gasteiger partial charge in [-0.3, -0.25) is 4.79 Å². The molecule has 0 aliphatic carbocycles. The highest BCUT2D eigenvalue weighted by Gasteiger charge is 2.21. The van der Waals surface area contributed by atoms with Crippen molar-refractivity contribution < 1.29 is 13.7 Å². The second-order valence-electron chi connectivity index (χ2n) is 11.8. The first-order valence-corrected chi connectivity index (χ1v) is 16.3. The first kappa shape index (κ1) is 32.1. The maximum atomic E-state index is 13.4. The third-order valence-electron chi connectivity index (χ3n) is 7.32. The Morgan fingerprint density at radius 3 is 2.00 bits per heavy atom. The number of nitrogens with zero attached hydrogens (tertiary/aromatic N) is 2. The van der Waals surface area contributed by atoms with Crippen molar-refractivity contribution in [2.24, 2.45) is 9.50 Å². The molecule has 0 spiro atoms. The zero-order valence-electron chi connectivity index (χ0n) is 26.0. The molecule has 4 rings (SSSR count). The lowest BCUT2D eigenvalue weighted by atomic mass is 9.84. The zero-order chi connectivity index (χ0) is 31.1. The van der Waals surface area contributed by atoms with Crippen molar-refractivity contribution in [1.29, 1.82) is 0 Å². The highest BCUT2D eigenvalue weighted by Crippen LogP contribution is 2.37. The van der Waals surface area contributed by atoms with Crippen molar-refractivity contribution >= 4 is 15.8 Å². The molecule has 0 aliphatic rings. The number of carbonyl (C=O) groups is 1. The van der Waals surface area contributed by atoms with Crippen molar-refractivity contribution in [3.05, 3.63) is 119 Å². The smallest absolute Gasteiger partial charge is 0.259 e. The molecule has 0 saturated heterocycles. The van der Waals surface area contributed by atoms with Crippen molar-refractivity contribution in [3.8, 4) is 16.9 Å². The quantitative estimate of drug-likeness (QED) is 0.192. The van der Waals surface area contributed by atoms with E-state index < -0.39 is 15.8 Å². The Morgan fingerprint density at radius 1 is 0.837 bits per heavy atom. The fourth-order valence-electron chi connectivity index (χ4n) is 5.22. The van der Waals surface area contributed by atoms with Crippen LogP contribution >= 0.6 is 0 Å². The number of ether oxygens (including phenoxy) is 1. The van der Waals surface area contributed by atoms with E-state index in [4.69, 9.17) is 9.88 Å². The Bertz CT molecular complexity index is 1640. The first-order chi connectivity index (χ1) is 20.4. The molecule has 2 N–H and O–H groups in total. The number of benzene rings is 4. The van der Waals surface area contributed by atoms with E-state index in [0.717, 1.165) is 51.2 Å². The predicted molar refractivity (Wildman–Crippen MR) is 176 cm³/mol. The molecule has 0 heterocycles. The number of hydrogen-bond donors (Lipinski definition) is 1. The Labute approximate surface area is 257 Å². The molecule has 7 heteroatoms. The van der Waals surface area contributed by atoms with Gasteiger partial charge < -0.3 is 9.64 Å². The second-order valence-corrected chi connectivity index (χ2v) is 13.6. The van der Waals surface area contributed by atoms with Gasteiger partial charge >= 0.3 is 0 Å². The lowest BCUT2D eigenvalue weighted by Gasteiger charge is -2.22. The maximum absolute atomic E-state index is 13.4. The Morgan fingerprint density at radius 2 is 1.42 bits per heavy atom. The number of nitrogens with two attached hydrogens (primary N) is 1. The van der Waals surface area contributed by atoms with Crippen molar-refractivity contribution in [3.63, 3.8) is 0 Å². The number of amides is 1. The van der Waals surface area contributed by atoms with E-state index in [2.05, 4.69) is 50.3 Å². The Kier molecular flexibility index (Phi) is 10.6. The predicted octanol–water partition coefficient (Wildman–Crippen LogP) is 7.71. The Balaban J connectivity index is 1.68. The minimum atomic E-state index is -3.38. The van der Waals surface area contributed by atoms with Crippen LogP contribution in [0.3, 0.4) is 0 Å². The number of rotatable bonds is 11. The van der Waals surface area contributed by atoms with E-state index in [1.165, 1.54) is 0 Å². The molecule has 43 heavy (non-hydrogen) atoms. The summed E-state index contributed by atoms with van der Waals surface area (Å²) >= 11 is 0. The van der Waals surface area contributed by atoms with Crippen molar-refractivity contribution in [1.82, 2.24) is 4.90 Å². The van der Waals surface area contributed by atoms with E-state index >= 15 is 0 Å². The summed E-state index contributed by atoms with van der Waals surface area (Å²) < 4.78 is 23.7. The van der Waals surface area contributed by atoms with Crippen molar-refractivity contribution in [2.75, 3.05) is 14.1 Å². The summed E-state index contributed by atoms with van der Waals surface area (Å²) in [5.74, 6) is 0.593. The van der Waals surface area contributed by atoms with Gasteiger partial charge in [0, 0.05) is 12.1 Å². The van der Waals surface area contributed by atoms with Crippen LogP contribution in [0.15, 0.2) is 100 Å². The highest BCUT2D eigenvalue weighted by molar-refractivity contribution is 7.91. The molecular formula is C36H43N3O3S. The fourth-order valence-corrected chi connectivity index (χ4v) is 6.21. The molecule has 4 aromatic carbocycles. The van der Waals surface area contributed by atoms with Crippen LogP contribution < -0.4 is 9.88 Å². The molecule has 0 aliphatic heterocycles. The molecule has 4 aromatic rings. The van der Waals surface area contributed by atoms with E-state index in [1.54, 1.807) is 12.1 Å². The van der Waals surface area contributed by atoms with E-state index in [9.17, 15) is 9.00 Å². The van der Waals surface area contributed by atoms with Crippen LogP contribution in [-0.4, -0.2) is 29.1 Å². The van der Waals surface area contributed by atoms with E-state index in [0.29, 0.717) is 11.5 Å². The number of hydrogen-bond acceptors (Lipinski definition) is 4. The average Bonchev–Trinajstić information content (AvgIpc) is 2.96. The summed E-state index contributed by atoms with van der Waals surface area (Å²) in [5, 5.41) is 6.14. The van der Waals surface area contributed by atoms with Crippen LogP contribution in [0, 0.1) is 0 Å². The number of carbonyl (C=O) groups excluding carboxylic acids is 1. The fraction of sp³-hybridized carbons (Fsp3) is 0.306. The summed E-state index contributed by atoms with van der Waals surface area (Å²) in [6.45, 7) is 9.69. The normalized spacial score (nSPS) is 12.9. The van der Waals surface area contributed by atoms with Crippen LogP contribution in [-0.2, 0) is 34.3 Å². The molecular weight excluding hydrogens is 554 g/mol. The van der Waals surface area contributed by atoms with Crippen LogP contribution in [0.1, 0.15) is 67.3 Å². The van der Waals surface area contributed by atoms with E-state index in [-0.39, 0.29) is 18.3 Å². The summed E-state index contributed by atoms with van der Waals surface area (Å²) in [6.07, 6.45) is 0.0281. The monoisotopic (exact) mass is 597 g/mol. The van der Waals surface area contributed by atoms with Gasteiger partial charge in [-0.25, -0.2) is 9.35 Å². The van der Waals surface area contributed by atoms with Crippen LogP contribution in [0.2, 0.25) is 0 Å². The first-order valence-electron chi connectivity index (χ1n) is 14.7. The molecule has 0 fully saturated rings. The molecule has 1 atom stereocenters. The van der Waals surface area contributed by atoms with Crippen LogP contribution in [0.25, 0.3) is 11.1 Å². The lowest BCUT2D eigenvalue weighted by molar-refractivity contribution is -0.117. The standard InChI is InChI=1S/C36H43N3O3S/c1-25(2)32-20-29(31-14-10-11-15-35(31)42-24-28-12-8-7-9-13-28)21-33(26(3)4)34(32)22-36(40)38-43(37,41)30-18-16-27(17-19-30)23-39(5)6/h7-21,25-26H,22-24H2,1-6H3,(H2,37,38,40,41). The minimum Gasteiger partial charge on any atom is -0.488 e. The van der Waals surface area contributed by atoms with Crippen LogP contribution in [0.4, 0.5) is 0 Å². The molecule has 1 unspecified atom stereocenters. The molecule has 0 radical (unpaired) electrons. The third-order valence-corrected chi connectivity index (χ3v) is 8.75. The second kappa shape index (κ2) is 14.1. The van der Waals surface area contributed by atoms with Gasteiger partial charge in [0.15, 0.2) is 0 Å². The highest BCUT2D eigenvalue weighted by atomic mass is 32.2. The van der Waals surface area contributed by atoms with Gasteiger partial charge in [0.2, 0.25) is 0 Å². The average molecular weight is 598 g/mol. The topological polar surface area (TPSA) is 85.0 Å².